The van der Waals surface area contributed by atoms with Crippen molar-refractivity contribution in [1.82, 2.24) is 15.5 Å². The molecule has 0 spiro atoms. The first-order chi connectivity index (χ1) is 11.6. The van der Waals surface area contributed by atoms with Crippen LogP contribution in [0.4, 0.5) is 0 Å². The van der Waals surface area contributed by atoms with Crippen molar-refractivity contribution >= 4 is 11.8 Å². The number of carbonyl (C=O) groups is 2. The Labute approximate surface area is 143 Å². The highest BCUT2D eigenvalue weighted by molar-refractivity contribution is 5.80. The van der Waals surface area contributed by atoms with Gasteiger partial charge in [0.15, 0.2) is 0 Å². The molecular weight excluding hydrogens is 302 g/mol. The Balaban J connectivity index is 1.38. The normalized spacial score (nSPS) is 25.3. The minimum absolute atomic E-state index is 0.0310. The smallest absolute Gasteiger partial charge is 0.224 e. The van der Waals surface area contributed by atoms with Crippen LogP contribution in [-0.4, -0.2) is 48.4 Å². The van der Waals surface area contributed by atoms with Crippen LogP contribution in [0.2, 0.25) is 0 Å². The van der Waals surface area contributed by atoms with Crippen molar-refractivity contribution < 1.29 is 9.59 Å². The van der Waals surface area contributed by atoms with Gasteiger partial charge in [-0.25, -0.2) is 0 Å². The Bertz CT molecular complexity index is 563. The van der Waals surface area contributed by atoms with E-state index in [1.165, 1.54) is 12.8 Å². The van der Waals surface area contributed by atoms with Gasteiger partial charge in [0.2, 0.25) is 11.8 Å². The van der Waals surface area contributed by atoms with Gasteiger partial charge in [-0.15, -0.1) is 0 Å². The highest BCUT2D eigenvalue weighted by Gasteiger charge is 2.36. The van der Waals surface area contributed by atoms with Crippen LogP contribution in [0, 0.1) is 0 Å². The Morgan fingerprint density at radius 3 is 2.50 bits per heavy atom. The quantitative estimate of drug-likeness (QED) is 0.831. The number of benzene rings is 1. The van der Waals surface area contributed by atoms with Crippen LogP contribution >= 0.6 is 0 Å². The standard InChI is InChI=1S/C19H27N3O2/c1-22(17-12-15-7-8-16(13-17)21-15)19(24)9-10-20-18(23)11-14-5-3-2-4-6-14/h2-6,15-17,21H,7-13H2,1H3,(H,20,23). The zero-order chi connectivity index (χ0) is 16.9. The van der Waals surface area contributed by atoms with Crippen molar-refractivity contribution in [1.29, 1.82) is 0 Å². The van der Waals surface area contributed by atoms with Crippen LogP contribution < -0.4 is 10.6 Å². The Morgan fingerprint density at radius 1 is 1.17 bits per heavy atom. The fourth-order valence-corrected chi connectivity index (χ4v) is 3.88. The average molecular weight is 329 g/mol. The highest BCUT2D eigenvalue weighted by Crippen LogP contribution is 2.29. The molecule has 2 aliphatic rings. The van der Waals surface area contributed by atoms with Crippen LogP contribution in [0.25, 0.3) is 0 Å². The SMILES string of the molecule is CN(C(=O)CCNC(=O)Cc1ccccc1)C1CC2CCC(C1)N2. The number of fused-ring (bicyclic) bond motifs is 2. The van der Waals surface area contributed by atoms with E-state index in [4.69, 9.17) is 0 Å². The first-order valence-electron chi connectivity index (χ1n) is 8.94. The third kappa shape index (κ3) is 4.35. The van der Waals surface area contributed by atoms with Gasteiger partial charge >= 0.3 is 0 Å². The van der Waals surface area contributed by atoms with Crippen molar-refractivity contribution in [2.24, 2.45) is 0 Å². The van der Waals surface area contributed by atoms with E-state index in [-0.39, 0.29) is 11.8 Å². The van der Waals surface area contributed by atoms with Crippen molar-refractivity contribution in [3.63, 3.8) is 0 Å². The molecule has 2 fully saturated rings. The second-order valence-electron chi connectivity index (χ2n) is 7.03. The maximum Gasteiger partial charge on any atom is 0.224 e. The summed E-state index contributed by atoms with van der Waals surface area (Å²) in [4.78, 5) is 26.2. The van der Waals surface area contributed by atoms with Crippen molar-refractivity contribution in [2.45, 2.75) is 56.7 Å². The summed E-state index contributed by atoms with van der Waals surface area (Å²) < 4.78 is 0. The topological polar surface area (TPSA) is 61.4 Å². The number of nitrogens with one attached hydrogen (secondary N) is 2. The molecule has 0 aromatic heterocycles. The molecule has 2 aliphatic heterocycles. The van der Waals surface area contributed by atoms with E-state index < -0.39 is 0 Å². The molecule has 0 aliphatic carbocycles. The number of carbonyl (C=O) groups excluding carboxylic acids is 2. The molecule has 130 valence electrons. The van der Waals surface area contributed by atoms with Gasteiger partial charge in [-0.2, -0.15) is 0 Å². The van der Waals surface area contributed by atoms with Crippen LogP contribution in [0.15, 0.2) is 30.3 Å². The molecule has 0 saturated carbocycles. The zero-order valence-corrected chi connectivity index (χ0v) is 14.3. The van der Waals surface area contributed by atoms with Crippen molar-refractivity contribution in [3.8, 4) is 0 Å². The van der Waals surface area contributed by atoms with Gasteiger partial charge in [0.1, 0.15) is 0 Å². The lowest BCUT2D eigenvalue weighted by atomic mass is 9.98. The van der Waals surface area contributed by atoms with Crippen molar-refractivity contribution in [3.05, 3.63) is 35.9 Å². The molecule has 0 radical (unpaired) electrons. The molecule has 5 nitrogen and oxygen atoms in total. The predicted octanol–water partition coefficient (Wildman–Crippen LogP) is 1.48. The van der Waals surface area contributed by atoms with E-state index in [1.54, 1.807) is 0 Å². The minimum atomic E-state index is -0.0310. The van der Waals surface area contributed by atoms with Crippen LogP contribution in [0.5, 0.6) is 0 Å². The molecule has 2 unspecified atom stereocenters. The largest absolute Gasteiger partial charge is 0.355 e. The molecule has 1 aromatic carbocycles. The van der Waals surface area contributed by atoms with Crippen molar-refractivity contribution in [2.75, 3.05) is 13.6 Å². The lowest BCUT2D eigenvalue weighted by Gasteiger charge is -2.35. The number of hydrogen-bond acceptors (Lipinski definition) is 3. The van der Waals surface area contributed by atoms with Gasteiger partial charge in [-0.3, -0.25) is 9.59 Å². The Morgan fingerprint density at radius 2 is 1.83 bits per heavy atom. The molecule has 2 N–H and O–H groups in total. The van der Waals surface area contributed by atoms with E-state index in [0.29, 0.717) is 37.5 Å². The fraction of sp³-hybridized carbons (Fsp3) is 0.579. The lowest BCUT2D eigenvalue weighted by molar-refractivity contribution is -0.132. The van der Waals surface area contributed by atoms with Gasteiger partial charge in [0.05, 0.1) is 6.42 Å². The summed E-state index contributed by atoms with van der Waals surface area (Å²) in [5.41, 5.74) is 0.989. The Hall–Kier alpha value is -1.88. The summed E-state index contributed by atoms with van der Waals surface area (Å²) in [6.45, 7) is 0.409. The summed E-state index contributed by atoms with van der Waals surface area (Å²) in [6.07, 6.45) is 5.31. The molecule has 2 saturated heterocycles. The molecule has 1 aromatic rings. The summed E-state index contributed by atoms with van der Waals surface area (Å²) in [5.74, 6) is 0.0953. The van der Waals surface area contributed by atoms with Gasteiger partial charge in [0, 0.05) is 38.1 Å². The highest BCUT2D eigenvalue weighted by atomic mass is 16.2. The maximum atomic E-state index is 12.4. The second-order valence-corrected chi connectivity index (χ2v) is 7.03. The predicted molar refractivity (Wildman–Crippen MR) is 93.5 cm³/mol. The molecule has 2 bridgehead atoms. The maximum absolute atomic E-state index is 12.4. The first-order valence-corrected chi connectivity index (χ1v) is 8.94. The van der Waals surface area contributed by atoms with Gasteiger partial charge < -0.3 is 15.5 Å². The Kier molecular flexibility index (Phi) is 5.51. The zero-order valence-electron chi connectivity index (χ0n) is 14.3. The number of hydrogen-bond donors (Lipinski definition) is 2. The number of nitrogens with zero attached hydrogens (tertiary/aromatic N) is 1. The fourth-order valence-electron chi connectivity index (χ4n) is 3.88. The summed E-state index contributed by atoms with van der Waals surface area (Å²) in [5, 5.41) is 6.45. The monoisotopic (exact) mass is 329 g/mol. The molecule has 2 atom stereocenters. The van der Waals surface area contributed by atoms with Gasteiger partial charge in [-0.1, -0.05) is 30.3 Å². The summed E-state index contributed by atoms with van der Waals surface area (Å²) >= 11 is 0. The molecule has 2 amide bonds. The molecule has 5 heteroatoms. The molecule has 2 heterocycles. The summed E-state index contributed by atoms with van der Waals surface area (Å²) in [6, 6.07) is 11.2. The molecule has 3 rings (SSSR count). The summed E-state index contributed by atoms with van der Waals surface area (Å²) in [7, 11) is 1.91. The molecular formula is C19H27N3O2. The minimum Gasteiger partial charge on any atom is -0.355 e. The van der Waals surface area contributed by atoms with Crippen LogP contribution in [-0.2, 0) is 16.0 Å². The second kappa shape index (κ2) is 7.79. The van der Waals surface area contributed by atoms with Crippen LogP contribution in [0.3, 0.4) is 0 Å². The third-order valence-electron chi connectivity index (χ3n) is 5.26. The molecule has 24 heavy (non-hydrogen) atoms. The van der Waals surface area contributed by atoms with E-state index in [2.05, 4.69) is 10.6 Å². The first kappa shape index (κ1) is 17.0. The van der Waals surface area contributed by atoms with E-state index in [0.717, 1.165) is 18.4 Å². The van der Waals surface area contributed by atoms with Crippen LogP contribution in [0.1, 0.15) is 37.7 Å². The average Bonchev–Trinajstić information content (AvgIpc) is 2.93. The number of amides is 2. The number of rotatable bonds is 6. The number of piperidine rings is 1. The lowest BCUT2D eigenvalue weighted by Crippen LogP contribution is -2.49. The van der Waals surface area contributed by atoms with Gasteiger partial charge in [0.25, 0.3) is 0 Å². The van der Waals surface area contributed by atoms with E-state index in [9.17, 15) is 9.59 Å². The van der Waals surface area contributed by atoms with E-state index >= 15 is 0 Å². The van der Waals surface area contributed by atoms with Gasteiger partial charge in [-0.05, 0) is 31.2 Å². The third-order valence-corrected chi connectivity index (χ3v) is 5.26. The van der Waals surface area contributed by atoms with E-state index in [1.807, 2.05) is 42.3 Å².